The van der Waals surface area contributed by atoms with Gasteiger partial charge in [-0.25, -0.2) is 13.2 Å². The number of aromatic carboxylic acids is 1. The summed E-state index contributed by atoms with van der Waals surface area (Å²) < 4.78 is 25.6. The minimum absolute atomic E-state index is 0.0120. The quantitative estimate of drug-likeness (QED) is 0.643. The van der Waals surface area contributed by atoms with Crippen LogP contribution in [-0.4, -0.2) is 47.8 Å². The highest BCUT2D eigenvalue weighted by molar-refractivity contribution is 7.89. The van der Waals surface area contributed by atoms with Gasteiger partial charge in [-0.3, -0.25) is 4.79 Å². The number of carboxylic acids is 1. The zero-order valence-corrected chi connectivity index (χ0v) is 12.0. The smallest absolute Gasteiger partial charge is 0.352 e. The Kier molecular flexibility index (Phi) is 4.90. The van der Waals surface area contributed by atoms with E-state index < -0.39 is 28.4 Å². The Bertz CT molecular complexity index is 605. The van der Waals surface area contributed by atoms with Gasteiger partial charge in [-0.05, 0) is 12.0 Å². The Morgan fingerprint density at radius 1 is 1.45 bits per heavy atom. The molecule has 0 saturated heterocycles. The molecule has 1 amide bonds. The maximum atomic E-state index is 12.3. The Morgan fingerprint density at radius 2 is 2.05 bits per heavy atom. The maximum Gasteiger partial charge on any atom is 0.352 e. The van der Waals surface area contributed by atoms with E-state index in [4.69, 9.17) is 10.8 Å². The van der Waals surface area contributed by atoms with Crippen molar-refractivity contribution in [2.75, 3.05) is 13.1 Å². The fourth-order valence-corrected chi connectivity index (χ4v) is 3.19. The first-order chi connectivity index (χ1) is 9.14. The molecule has 0 radical (unpaired) electrons. The molecule has 1 aromatic heterocycles. The number of amides is 1. The van der Waals surface area contributed by atoms with E-state index in [2.05, 4.69) is 4.98 Å². The SMILES string of the molecule is CC(C)CN(CC(N)=O)S(=O)(=O)c1c[nH]c(C(=O)O)c1. The molecule has 0 bridgehead atoms. The largest absolute Gasteiger partial charge is 0.477 e. The molecule has 0 aromatic carbocycles. The number of hydrogen-bond donors (Lipinski definition) is 3. The molecule has 0 aliphatic carbocycles. The predicted octanol–water partition coefficient (Wildman–Crippen LogP) is -0.155. The maximum absolute atomic E-state index is 12.3. The molecule has 0 aliphatic heterocycles. The van der Waals surface area contributed by atoms with Crippen LogP contribution in [0.3, 0.4) is 0 Å². The summed E-state index contributed by atoms with van der Waals surface area (Å²) in [5, 5.41) is 8.78. The highest BCUT2D eigenvalue weighted by Crippen LogP contribution is 2.18. The number of rotatable bonds is 7. The number of carbonyl (C=O) groups excluding carboxylic acids is 1. The van der Waals surface area contributed by atoms with Crippen molar-refractivity contribution in [3.63, 3.8) is 0 Å². The topological polar surface area (TPSA) is 134 Å². The van der Waals surface area contributed by atoms with Gasteiger partial charge in [0, 0.05) is 12.7 Å². The fraction of sp³-hybridized carbons (Fsp3) is 0.455. The van der Waals surface area contributed by atoms with Crippen molar-refractivity contribution in [3.05, 3.63) is 18.0 Å². The van der Waals surface area contributed by atoms with Crippen LogP contribution in [0.25, 0.3) is 0 Å². The first-order valence-corrected chi connectivity index (χ1v) is 7.28. The van der Waals surface area contributed by atoms with Gasteiger partial charge >= 0.3 is 5.97 Å². The molecule has 8 nitrogen and oxygen atoms in total. The van der Waals surface area contributed by atoms with E-state index in [1.165, 1.54) is 0 Å². The molecule has 1 heterocycles. The van der Waals surface area contributed by atoms with Gasteiger partial charge in [-0.2, -0.15) is 4.31 Å². The van der Waals surface area contributed by atoms with Crippen LogP contribution >= 0.6 is 0 Å². The summed E-state index contributed by atoms with van der Waals surface area (Å²) in [6, 6.07) is 1.01. The normalized spacial score (nSPS) is 12.0. The van der Waals surface area contributed by atoms with Crippen LogP contribution in [0.5, 0.6) is 0 Å². The number of nitrogens with zero attached hydrogens (tertiary/aromatic N) is 1. The molecular formula is C11H17N3O5S. The highest BCUT2D eigenvalue weighted by Gasteiger charge is 2.28. The van der Waals surface area contributed by atoms with Crippen LogP contribution in [-0.2, 0) is 14.8 Å². The monoisotopic (exact) mass is 303 g/mol. The second-order valence-corrected chi connectivity index (χ2v) is 6.65. The lowest BCUT2D eigenvalue weighted by molar-refractivity contribution is -0.118. The van der Waals surface area contributed by atoms with Gasteiger partial charge < -0.3 is 15.8 Å². The third kappa shape index (κ3) is 3.81. The molecular weight excluding hydrogens is 286 g/mol. The van der Waals surface area contributed by atoms with Crippen molar-refractivity contribution in [1.82, 2.24) is 9.29 Å². The van der Waals surface area contributed by atoms with E-state index in [-0.39, 0.29) is 23.1 Å². The number of carboxylic acid groups (broad SMARTS) is 1. The fourth-order valence-electron chi connectivity index (χ4n) is 1.62. The standard InChI is InChI=1S/C11H17N3O5S/c1-7(2)5-14(6-10(12)15)20(18,19)8-3-9(11(16)17)13-4-8/h3-4,7,13H,5-6H2,1-2H3,(H2,12,15)(H,16,17). The minimum atomic E-state index is -3.97. The van der Waals surface area contributed by atoms with Crippen LogP contribution in [0, 0.1) is 5.92 Å². The number of aromatic nitrogens is 1. The third-order valence-corrected chi connectivity index (χ3v) is 4.22. The van der Waals surface area contributed by atoms with Gasteiger partial charge in [0.05, 0.1) is 6.54 Å². The van der Waals surface area contributed by atoms with Gasteiger partial charge in [-0.15, -0.1) is 0 Å². The molecule has 9 heteroatoms. The Labute approximate surface area is 116 Å². The number of aromatic amines is 1. The van der Waals surface area contributed by atoms with Crippen LogP contribution in [0.15, 0.2) is 17.2 Å². The van der Waals surface area contributed by atoms with Gasteiger partial charge in [0.1, 0.15) is 10.6 Å². The highest BCUT2D eigenvalue weighted by atomic mass is 32.2. The zero-order chi connectivity index (χ0) is 15.5. The Balaban J connectivity index is 3.13. The Hall–Kier alpha value is -1.87. The summed E-state index contributed by atoms with van der Waals surface area (Å²) in [5.74, 6) is -2.05. The van der Waals surface area contributed by atoms with Crippen molar-refractivity contribution in [2.45, 2.75) is 18.7 Å². The van der Waals surface area contributed by atoms with Gasteiger partial charge in [0.2, 0.25) is 15.9 Å². The summed E-state index contributed by atoms with van der Waals surface area (Å²) in [6.45, 7) is 3.25. The number of nitrogens with two attached hydrogens (primary N) is 1. The first-order valence-electron chi connectivity index (χ1n) is 5.84. The van der Waals surface area contributed by atoms with Crippen LogP contribution < -0.4 is 5.73 Å². The van der Waals surface area contributed by atoms with Gasteiger partial charge in [0.25, 0.3) is 0 Å². The molecule has 0 atom stereocenters. The molecule has 0 unspecified atom stereocenters. The number of carbonyl (C=O) groups is 2. The molecule has 20 heavy (non-hydrogen) atoms. The summed E-state index contributed by atoms with van der Waals surface area (Å²) in [4.78, 5) is 23.9. The zero-order valence-electron chi connectivity index (χ0n) is 11.2. The van der Waals surface area contributed by atoms with Gasteiger partial charge in [0.15, 0.2) is 0 Å². The van der Waals surface area contributed by atoms with Crippen molar-refractivity contribution < 1.29 is 23.1 Å². The minimum Gasteiger partial charge on any atom is -0.477 e. The van der Waals surface area contributed by atoms with E-state index in [9.17, 15) is 18.0 Å². The molecule has 0 spiro atoms. The van der Waals surface area contributed by atoms with Crippen molar-refractivity contribution >= 4 is 21.9 Å². The second kappa shape index (κ2) is 6.06. The molecule has 4 N–H and O–H groups in total. The molecule has 1 rings (SSSR count). The number of hydrogen-bond acceptors (Lipinski definition) is 4. The van der Waals surface area contributed by atoms with Crippen LogP contribution in [0.4, 0.5) is 0 Å². The second-order valence-electron chi connectivity index (χ2n) is 4.71. The van der Waals surface area contributed by atoms with E-state index in [0.717, 1.165) is 16.6 Å². The van der Waals surface area contributed by atoms with E-state index in [1.54, 1.807) is 13.8 Å². The lowest BCUT2D eigenvalue weighted by atomic mass is 10.2. The summed E-state index contributed by atoms with van der Waals surface area (Å²) in [5.41, 5.74) is 4.81. The average molecular weight is 303 g/mol. The van der Waals surface area contributed by atoms with Crippen LogP contribution in [0.1, 0.15) is 24.3 Å². The molecule has 0 aliphatic rings. The molecule has 112 valence electrons. The lowest BCUT2D eigenvalue weighted by Gasteiger charge is -2.21. The third-order valence-electron chi connectivity index (χ3n) is 2.43. The number of H-pyrrole nitrogens is 1. The van der Waals surface area contributed by atoms with Gasteiger partial charge in [-0.1, -0.05) is 13.8 Å². The Morgan fingerprint density at radius 3 is 2.45 bits per heavy atom. The van der Waals surface area contributed by atoms with Crippen molar-refractivity contribution in [2.24, 2.45) is 11.7 Å². The number of sulfonamides is 1. The van der Waals surface area contributed by atoms with Crippen LogP contribution in [0.2, 0.25) is 0 Å². The molecule has 0 saturated carbocycles. The molecule has 0 fully saturated rings. The van der Waals surface area contributed by atoms with E-state index >= 15 is 0 Å². The first kappa shape index (κ1) is 16.2. The lowest BCUT2D eigenvalue weighted by Crippen LogP contribution is -2.40. The number of nitrogens with one attached hydrogen (secondary N) is 1. The number of primary amides is 1. The summed E-state index contributed by atoms with van der Waals surface area (Å²) in [6.07, 6.45) is 1.08. The average Bonchev–Trinajstić information content (AvgIpc) is 2.76. The van der Waals surface area contributed by atoms with Crippen molar-refractivity contribution in [1.29, 1.82) is 0 Å². The molecule has 1 aromatic rings. The van der Waals surface area contributed by atoms with Crippen molar-refractivity contribution in [3.8, 4) is 0 Å². The summed E-state index contributed by atoms with van der Waals surface area (Å²) >= 11 is 0. The predicted molar refractivity (Wildman–Crippen MR) is 70.5 cm³/mol. The van der Waals surface area contributed by atoms with E-state index in [1.807, 2.05) is 0 Å². The van der Waals surface area contributed by atoms with E-state index in [0.29, 0.717) is 0 Å². The summed E-state index contributed by atoms with van der Waals surface area (Å²) in [7, 11) is -3.97.